The molecule has 0 unspecified atom stereocenters. The van der Waals surface area contributed by atoms with Crippen molar-refractivity contribution in [3.8, 4) is 11.5 Å². The molecule has 0 saturated carbocycles. The van der Waals surface area contributed by atoms with Crippen molar-refractivity contribution in [2.24, 2.45) is 11.1 Å². The average molecular weight is 637 g/mol. The van der Waals surface area contributed by atoms with Crippen molar-refractivity contribution >= 4 is 57.7 Å². The van der Waals surface area contributed by atoms with E-state index >= 15 is 0 Å². The standard InChI is InChI=1S/C30H29N5O7S2/c1-40-23-10-11-34(14-24(23)41-2)13-18-6-4-17(5-7-18)8-9-19-15-43-28-20(27(37)35(28)26(19)29(38)39)12-22(36)25(33-42-3)21-16-44-30(31)32-21/h4-11,14,16,20,28H,12-13,15H2,1-3H3,(H2-,31,32,38,39)/p+1/b9-8?,33-25-/t20-,28-/m1/s1. The summed E-state index contributed by atoms with van der Waals surface area (Å²) in [6, 6.07) is 9.70. The highest BCUT2D eigenvalue weighted by Crippen LogP contribution is 2.45. The number of oxime groups is 1. The molecule has 14 heteroatoms. The first-order chi connectivity index (χ1) is 21.2. The lowest BCUT2D eigenvalue weighted by Gasteiger charge is -2.49. The number of fused-ring (bicyclic) bond motifs is 1. The number of carboxylic acids is 1. The Labute approximate surface area is 261 Å². The predicted octanol–water partition coefficient (Wildman–Crippen LogP) is 2.97. The Hall–Kier alpha value is -4.69. The molecule has 5 rings (SSSR count). The molecule has 1 fully saturated rings. The van der Waals surface area contributed by atoms with Crippen LogP contribution in [0.25, 0.3) is 6.08 Å². The topological polar surface area (TPSA) is 158 Å². The van der Waals surface area contributed by atoms with Crippen molar-refractivity contribution in [2.45, 2.75) is 18.3 Å². The maximum atomic E-state index is 13.2. The lowest BCUT2D eigenvalue weighted by Crippen LogP contribution is -2.62. The minimum absolute atomic E-state index is 0.0292. The van der Waals surface area contributed by atoms with Crippen LogP contribution in [0, 0.1) is 5.92 Å². The van der Waals surface area contributed by atoms with Crippen LogP contribution in [0.2, 0.25) is 0 Å². The molecular formula is C30H30N5O7S2+. The molecule has 4 heterocycles. The van der Waals surface area contributed by atoms with E-state index in [1.165, 1.54) is 23.8 Å². The van der Waals surface area contributed by atoms with Crippen LogP contribution in [0.1, 0.15) is 23.2 Å². The van der Waals surface area contributed by atoms with Crippen LogP contribution in [-0.2, 0) is 25.8 Å². The number of thioether (sulfide) groups is 1. The number of nitrogens with zero attached hydrogens (tertiary/aromatic N) is 4. The number of thiazole rings is 1. The number of hydrogen-bond donors (Lipinski definition) is 2. The summed E-state index contributed by atoms with van der Waals surface area (Å²) >= 11 is 2.57. The number of rotatable bonds is 12. The zero-order valence-electron chi connectivity index (χ0n) is 24.1. The van der Waals surface area contributed by atoms with Gasteiger partial charge in [-0.05, 0) is 11.1 Å². The number of ether oxygens (including phenoxy) is 2. The van der Waals surface area contributed by atoms with Gasteiger partial charge in [-0.3, -0.25) is 14.5 Å². The summed E-state index contributed by atoms with van der Waals surface area (Å²) < 4.78 is 12.7. The van der Waals surface area contributed by atoms with Crippen molar-refractivity contribution in [3.63, 3.8) is 0 Å². The van der Waals surface area contributed by atoms with E-state index in [0.29, 0.717) is 29.4 Å². The molecule has 2 aliphatic heterocycles. The number of nitrogens with two attached hydrogens (primary N) is 1. The van der Waals surface area contributed by atoms with Gasteiger partial charge >= 0.3 is 5.97 Å². The number of Topliss-reactive ketones (excluding diaryl/α,β-unsaturated/α-hetero) is 1. The highest BCUT2D eigenvalue weighted by molar-refractivity contribution is 8.00. The number of methoxy groups -OCH3 is 2. The minimum atomic E-state index is -1.20. The summed E-state index contributed by atoms with van der Waals surface area (Å²) in [5.41, 5.74) is 8.31. The molecule has 3 aromatic rings. The molecule has 1 aromatic carbocycles. The summed E-state index contributed by atoms with van der Waals surface area (Å²) in [5.74, 6) is -1.10. The summed E-state index contributed by atoms with van der Waals surface area (Å²) in [7, 11) is 4.49. The highest BCUT2D eigenvalue weighted by Gasteiger charge is 2.54. The van der Waals surface area contributed by atoms with E-state index in [9.17, 15) is 19.5 Å². The van der Waals surface area contributed by atoms with Crippen LogP contribution in [-0.4, -0.2) is 70.8 Å². The predicted molar refractivity (Wildman–Crippen MR) is 165 cm³/mol. The molecule has 0 spiro atoms. The number of aromatic nitrogens is 2. The maximum Gasteiger partial charge on any atom is 0.352 e. The lowest BCUT2D eigenvalue weighted by molar-refractivity contribution is -0.688. The van der Waals surface area contributed by atoms with Crippen LogP contribution in [0.15, 0.2) is 70.6 Å². The number of pyridine rings is 1. The third kappa shape index (κ3) is 6.31. The zero-order chi connectivity index (χ0) is 31.4. The molecule has 2 aromatic heterocycles. The number of carbonyl (C=O) groups excluding carboxylic acids is 2. The minimum Gasteiger partial charge on any atom is -0.492 e. The van der Waals surface area contributed by atoms with Gasteiger partial charge in [0.25, 0.3) is 0 Å². The van der Waals surface area contributed by atoms with Gasteiger partial charge in [0.05, 0.1) is 25.5 Å². The first kappa shape index (κ1) is 30.8. The number of carboxylic acid groups (broad SMARTS) is 1. The molecular weight excluding hydrogens is 606 g/mol. The Morgan fingerprint density at radius 2 is 1.91 bits per heavy atom. The first-order valence-electron chi connectivity index (χ1n) is 13.4. The summed E-state index contributed by atoms with van der Waals surface area (Å²) in [6.07, 6.45) is 7.17. The quantitative estimate of drug-likeness (QED) is 0.131. The summed E-state index contributed by atoms with van der Waals surface area (Å²) in [4.78, 5) is 48.7. The fraction of sp³-hybridized carbons (Fsp3) is 0.267. The number of nitrogen functional groups attached to an aromatic ring is 1. The van der Waals surface area contributed by atoms with Gasteiger partial charge in [-0.15, -0.1) is 23.1 Å². The van der Waals surface area contributed by atoms with Gasteiger partial charge in [0, 0.05) is 29.2 Å². The van der Waals surface area contributed by atoms with Gasteiger partial charge in [-0.25, -0.2) is 9.78 Å². The molecule has 12 nitrogen and oxygen atoms in total. The van der Waals surface area contributed by atoms with E-state index in [2.05, 4.69) is 10.1 Å². The van der Waals surface area contributed by atoms with Crippen LogP contribution in [0.4, 0.5) is 5.13 Å². The molecule has 2 atom stereocenters. The maximum absolute atomic E-state index is 13.2. The fourth-order valence-electron chi connectivity index (χ4n) is 5.00. The van der Waals surface area contributed by atoms with Crippen molar-refractivity contribution in [3.05, 3.63) is 82.3 Å². The van der Waals surface area contributed by atoms with Gasteiger partial charge in [0.2, 0.25) is 17.9 Å². The van der Waals surface area contributed by atoms with Crippen molar-refractivity contribution in [1.29, 1.82) is 0 Å². The van der Waals surface area contributed by atoms with Crippen LogP contribution < -0.4 is 19.8 Å². The second kappa shape index (κ2) is 13.3. The summed E-state index contributed by atoms with van der Waals surface area (Å²) in [6.45, 7) is 0.619. The second-order valence-corrected chi connectivity index (χ2v) is 11.8. The van der Waals surface area contributed by atoms with E-state index in [1.807, 2.05) is 53.4 Å². The van der Waals surface area contributed by atoms with Crippen LogP contribution in [0.5, 0.6) is 11.5 Å². The smallest absolute Gasteiger partial charge is 0.352 e. The van der Waals surface area contributed by atoms with Gasteiger partial charge in [-0.2, -0.15) is 4.57 Å². The number of carbonyl (C=O) groups is 3. The van der Waals surface area contributed by atoms with E-state index < -0.39 is 29.0 Å². The Morgan fingerprint density at radius 3 is 2.55 bits per heavy atom. The Kier molecular flexibility index (Phi) is 9.30. The van der Waals surface area contributed by atoms with Gasteiger partial charge < -0.3 is 25.2 Å². The molecule has 0 aliphatic carbocycles. The molecule has 2 aliphatic rings. The number of allylic oxidation sites excluding steroid dienone is 1. The number of β-lactam (4-membered cyclic amide) rings is 1. The van der Waals surface area contributed by atoms with Crippen LogP contribution in [0.3, 0.4) is 0 Å². The molecule has 44 heavy (non-hydrogen) atoms. The molecule has 1 saturated heterocycles. The first-order valence-corrected chi connectivity index (χ1v) is 15.3. The monoisotopic (exact) mass is 636 g/mol. The number of ketones is 1. The SMILES string of the molecule is CO/N=C(\C(=O)C[C@@H]1C(=O)N2C(C(=O)O)=C(C=Cc3ccc(C[n+]4ccc(OC)c(OC)c4)cc3)CS[C@H]12)c1csc(N)n1. The number of benzene rings is 1. The third-order valence-electron chi connectivity index (χ3n) is 7.13. The number of anilines is 1. The largest absolute Gasteiger partial charge is 0.492 e. The molecule has 0 radical (unpaired) electrons. The molecule has 228 valence electrons. The Bertz CT molecular complexity index is 1680. The third-order valence-corrected chi connectivity index (χ3v) is 9.16. The van der Waals surface area contributed by atoms with Gasteiger partial charge in [-0.1, -0.05) is 41.6 Å². The number of hydrogen-bond acceptors (Lipinski definition) is 11. The molecule has 1 amide bonds. The molecule has 3 N–H and O–H groups in total. The second-order valence-electron chi connectivity index (χ2n) is 9.84. The highest BCUT2D eigenvalue weighted by atomic mass is 32.2. The van der Waals surface area contributed by atoms with Crippen molar-refractivity contribution in [1.82, 2.24) is 9.88 Å². The average Bonchev–Trinajstić information content (AvgIpc) is 3.46. The van der Waals surface area contributed by atoms with E-state index in [4.69, 9.17) is 20.0 Å². The normalized spacial score (nSPS) is 18.2. The van der Waals surface area contributed by atoms with Crippen molar-refractivity contribution in [2.75, 3.05) is 32.8 Å². The van der Waals surface area contributed by atoms with Gasteiger partial charge in [0.1, 0.15) is 18.5 Å². The summed E-state index contributed by atoms with van der Waals surface area (Å²) in [5, 5.41) is 15.2. The Balaban J connectivity index is 1.27. The van der Waals surface area contributed by atoms with Crippen molar-refractivity contribution < 1.29 is 38.4 Å². The Morgan fingerprint density at radius 1 is 1.16 bits per heavy atom. The fourth-order valence-corrected chi connectivity index (χ4v) is 6.93. The van der Waals surface area contributed by atoms with E-state index in [1.54, 1.807) is 25.7 Å². The van der Waals surface area contributed by atoms with E-state index in [0.717, 1.165) is 22.5 Å². The van der Waals surface area contributed by atoms with Crippen LogP contribution >= 0.6 is 23.1 Å². The van der Waals surface area contributed by atoms with E-state index in [-0.39, 0.29) is 28.7 Å². The van der Waals surface area contributed by atoms with Gasteiger partial charge in [0.15, 0.2) is 35.1 Å². The lowest BCUT2D eigenvalue weighted by atomic mass is 9.89. The number of aliphatic carboxylic acids is 1. The zero-order valence-corrected chi connectivity index (χ0v) is 25.8. The molecule has 0 bridgehead atoms. The number of amides is 1.